The number of rotatable bonds is 3. The van der Waals surface area contributed by atoms with Gasteiger partial charge in [-0.05, 0) is 24.1 Å². The summed E-state index contributed by atoms with van der Waals surface area (Å²) in [5, 5.41) is 0. The zero-order valence-corrected chi connectivity index (χ0v) is 10.6. The summed E-state index contributed by atoms with van der Waals surface area (Å²) in [6, 6.07) is 11.9. The Morgan fingerprint density at radius 1 is 1.26 bits per heavy atom. The van der Waals surface area contributed by atoms with Crippen molar-refractivity contribution in [3.63, 3.8) is 0 Å². The van der Waals surface area contributed by atoms with Crippen molar-refractivity contribution >= 4 is 5.82 Å². The fourth-order valence-electron chi connectivity index (χ4n) is 2.56. The van der Waals surface area contributed by atoms with Crippen molar-refractivity contribution in [3.8, 4) is 5.75 Å². The fourth-order valence-corrected chi connectivity index (χ4v) is 2.56. The molecule has 4 nitrogen and oxygen atoms in total. The van der Waals surface area contributed by atoms with Crippen molar-refractivity contribution in [1.82, 2.24) is 4.98 Å². The summed E-state index contributed by atoms with van der Waals surface area (Å²) in [5.41, 5.74) is 14.4. The van der Waals surface area contributed by atoms with Crippen LogP contribution >= 0.6 is 0 Å². The summed E-state index contributed by atoms with van der Waals surface area (Å²) in [6.45, 7) is 0.640. The normalized spacial score (nSPS) is 18.7. The highest BCUT2D eigenvalue weighted by Crippen LogP contribution is 2.35. The maximum absolute atomic E-state index is 6.33. The van der Waals surface area contributed by atoms with Crippen molar-refractivity contribution in [2.45, 2.75) is 18.4 Å². The minimum atomic E-state index is -0.0184. The lowest BCUT2D eigenvalue weighted by molar-refractivity contribution is 0.313. The van der Waals surface area contributed by atoms with Crippen molar-refractivity contribution in [2.75, 3.05) is 12.3 Å². The van der Waals surface area contributed by atoms with Crippen LogP contribution in [-0.4, -0.2) is 17.6 Å². The lowest BCUT2D eigenvalue weighted by atomic mass is 9.90. The molecule has 1 aromatic heterocycles. The first-order chi connectivity index (χ1) is 9.25. The van der Waals surface area contributed by atoms with Gasteiger partial charge in [-0.2, -0.15) is 0 Å². The first-order valence-electron chi connectivity index (χ1n) is 6.42. The van der Waals surface area contributed by atoms with E-state index in [-0.39, 0.29) is 12.0 Å². The molecule has 0 radical (unpaired) electrons. The van der Waals surface area contributed by atoms with Crippen LogP contribution < -0.4 is 16.2 Å². The number of nitrogen functional groups attached to an aromatic ring is 1. The highest BCUT2D eigenvalue weighted by molar-refractivity contribution is 5.43. The third-order valence-electron chi connectivity index (χ3n) is 3.64. The largest absolute Gasteiger partial charge is 0.493 e. The zero-order chi connectivity index (χ0) is 13.2. The van der Waals surface area contributed by atoms with Gasteiger partial charge in [0.05, 0.1) is 6.61 Å². The standard InChI is InChI=1S/C15H17N3O/c16-13(8-10-4-3-7-18-15(10)17)12-9-19-14-6-2-1-5-11(12)14/h1-7,12-13H,8-9,16H2,(H2,17,18). The Kier molecular flexibility index (Phi) is 3.09. The number of para-hydroxylation sites is 1. The van der Waals surface area contributed by atoms with Gasteiger partial charge in [0.2, 0.25) is 0 Å². The summed E-state index contributed by atoms with van der Waals surface area (Å²) in [4.78, 5) is 4.09. The van der Waals surface area contributed by atoms with Crippen LogP contribution in [0.2, 0.25) is 0 Å². The maximum Gasteiger partial charge on any atom is 0.126 e. The summed E-state index contributed by atoms with van der Waals surface area (Å²) >= 11 is 0. The number of hydrogen-bond acceptors (Lipinski definition) is 4. The number of fused-ring (bicyclic) bond motifs is 1. The number of pyridine rings is 1. The topological polar surface area (TPSA) is 74.2 Å². The van der Waals surface area contributed by atoms with Crippen LogP contribution in [0.4, 0.5) is 5.82 Å². The summed E-state index contributed by atoms with van der Waals surface area (Å²) < 4.78 is 5.67. The second-order valence-electron chi connectivity index (χ2n) is 4.87. The molecule has 0 amide bonds. The van der Waals surface area contributed by atoms with E-state index >= 15 is 0 Å². The van der Waals surface area contributed by atoms with E-state index in [0.29, 0.717) is 18.8 Å². The molecular formula is C15H17N3O. The third-order valence-corrected chi connectivity index (χ3v) is 3.64. The first-order valence-corrected chi connectivity index (χ1v) is 6.42. The molecule has 1 aliphatic rings. The van der Waals surface area contributed by atoms with Gasteiger partial charge in [-0.25, -0.2) is 4.98 Å². The van der Waals surface area contributed by atoms with E-state index in [1.165, 1.54) is 5.56 Å². The summed E-state index contributed by atoms with van der Waals surface area (Å²) in [7, 11) is 0. The van der Waals surface area contributed by atoms with Crippen molar-refractivity contribution in [2.24, 2.45) is 5.73 Å². The van der Waals surface area contributed by atoms with E-state index in [1.54, 1.807) is 6.20 Å². The second-order valence-corrected chi connectivity index (χ2v) is 4.87. The average molecular weight is 255 g/mol. The maximum atomic E-state index is 6.33. The minimum absolute atomic E-state index is 0.0184. The predicted octanol–water partition coefficient (Wildman–Crippen LogP) is 1.71. The molecule has 0 spiro atoms. The molecule has 4 heteroatoms. The molecule has 0 aliphatic carbocycles. The van der Waals surface area contributed by atoms with Crippen LogP contribution in [0.3, 0.4) is 0 Å². The van der Waals surface area contributed by atoms with Gasteiger partial charge in [-0.3, -0.25) is 0 Å². The summed E-state index contributed by atoms with van der Waals surface area (Å²) in [6.07, 6.45) is 2.40. The van der Waals surface area contributed by atoms with E-state index in [4.69, 9.17) is 16.2 Å². The Labute approximate surface area is 112 Å². The third kappa shape index (κ3) is 2.27. The number of anilines is 1. The van der Waals surface area contributed by atoms with Crippen molar-refractivity contribution < 1.29 is 4.74 Å². The molecule has 98 valence electrons. The molecular weight excluding hydrogens is 238 g/mol. The van der Waals surface area contributed by atoms with E-state index in [0.717, 1.165) is 11.3 Å². The molecule has 1 aliphatic heterocycles. The molecule has 0 fully saturated rings. The van der Waals surface area contributed by atoms with Gasteiger partial charge in [-0.1, -0.05) is 24.3 Å². The van der Waals surface area contributed by atoms with Gasteiger partial charge < -0.3 is 16.2 Å². The Hall–Kier alpha value is -2.07. The Bertz CT molecular complexity index is 585. The smallest absolute Gasteiger partial charge is 0.126 e. The van der Waals surface area contributed by atoms with Crippen LogP contribution in [0.5, 0.6) is 5.75 Å². The number of nitrogens with two attached hydrogens (primary N) is 2. The highest BCUT2D eigenvalue weighted by atomic mass is 16.5. The molecule has 0 saturated carbocycles. The van der Waals surface area contributed by atoms with Gasteiger partial charge in [0.1, 0.15) is 11.6 Å². The molecule has 2 aromatic rings. The van der Waals surface area contributed by atoms with Crippen LogP contribution in [0, 0.1) is 0 Å². The Morgan fingerprint density at radius 3 is 2.95 bits per heavy atom. The van der Waals surface area contributed by atoms with Crippen LogP contribution in [0.15, 0.2) is 42.6 Å². The lowest BCUT2D eigenvalue weighted by Crippen LogP contribution is -2.32. The van der Waals surface area contributed by atoms with E-state index in [9.17, 15) is 0 Å². The van der Waals surface area contributed by atoms with Gasteiger partial charge in [0.25, 0.3) is 0 Å². The fraction of sp³-hybridized carbons (Fsp3) is 0.267. The average Bonchev–Trinajstić information content (AvgIpc) is 2.85. The molecule has 2 heterocycles. The number of hydrogen-bond donors (Lipinski definition) is 2. The Morgan fingerprint density at radius 2 is 2.11 bits per heavy atom. The van der Waals surface area contributed by atoms with Crippen LogP contribution in [0.25, 0.3) is 0 Å². The zero-order valence-electron chi connectivity index (χ0n) is 10.6. The van der Waals surface area contributed by atoms with Crippen molar-refractivity contribution in [3.05, 3.63) is 53.7 Å². The molecule has 0 saturated heterocycles. The van der Waals surface area contributed by atoms with Gasteiger partial charge in [0.15, 0.2) is 0 Å². The molecule has 0 bridgehead atoms. The van der Waals surface area contributed by atoms with Crippen molar-refractivity contribution in [1.29, 1.82) is 0 Å². The van der Waals surface area contributed by atoms with Gasteiger partial charge in [0, 0.05) is 23.7 Å². The summed E-state index contributed by atoms with van der Waals surface area (Å²) in [5.74, 6) is 1.73. The van der Waals surface area contributed by atoms with E-state index < -0.39 is 0 Å². The molecule has 2 unspecified atom stereocenters. The monoisotopic (exact) mass is 255 g/mol. The van der Waals surface area contributed by atoms with E-state index in [2.05, 4.69) is 11.1 Å². The molecule has 4 N–H and O–H groups in total. The predicted molar refractivity (Wildman–Crippen MR) is 75.0 cm³/mol. The van der Waals surface area contributed by atoms with Crippen LogP contribution in [0.1, 0.15) is 17.0 Å². The molecule has 2 atom stereocenters. The highest BCUT2D eigenvalue weighted by Gasteiger charge is 2.29. The second kappa shape index (κ2) is 4.90. The molecule has 1 aromatic carbocycles. The first kappa shape index (κ1) is 12.0. The Balaban J connectivity index is 1.79. The quantitative estimate of drug-likeness (QED) is 0.875. The van der Waals surface area contributed by atoms with Gasteiger partial charge in [-0.15, -0.1) is 0 Å². The van der Waals surface area contributed by atoms with Gasteiger partial charge >= 0.3 is 0 Å². The molecule has 19 heavy (non-hydrogen) atoms. The number of aromatic nitrogens is 1. The lowest BCUT2D eigenvalue weighted by Gasteiger charge is -2.18. The number of benzene rings is 1. The minimum Gasteiger partial charge on any atom is -0.493 e. The number of nitrogens with zero attached hydrogens (tertiary/aromatic N) is 1. The van der Waals surface area contributed by atoms with Crippen LogP contribution in [-0.2, 0) is 6.42 Å². The number of ether oxygens (including phenoxy) is 1. The molecule has 3 rings (SSSR count). The SMILES string of the molecule is Nc1ncccc1CC(N)C1COc2ccccc21. The van der Waals surface area contributed by atoms with E-state index in [1.807, 2.05) is 30.3 Å².